The third-order valence-corrected chi connectivity index (χ3v) is 8.68. The first-order valence-electron chi connectivity index (χ1n) is 12.6. The molecule has 0 spiro atoms. The normalized spacial score (nSPS) is 21.3. The van der Waals surface area contributed by atoms with Crippen molar-refractivity contribution >= 4 is 5.57 Å². The molecule has 2 atom stereocenters. The van der Waals surface area contributed by atoms with Gasteiger partial charge in [-0.1, -0.05) is 73.3 Å². The Balaban J connectivity index is 1.65. The Kier molecular flexibility index (Phi) is 4.29. The van der Waals surface area contributed by atoms with Gasteiger partial charge in [0, 0.05) is 49.2 Å². The van der Waals surface area contributed by atoms with Crippen molar-refractivity contribution in [2.24, 2.45) is 0 Å². The summed E-state index contributed by atoms with van der Waals surface area (Å²) in [5, 5.41) is 0. The maximum Gasteiger partial charge on any atom is 0.259 e. The number of rotatable bonds is 1. The molecular weight excluding hydrogens is 436 g/mol. The van der Waals surface area contributed by atoms with E-state index in [9.17, 15) is 0 Å². The van der Waals surface area contributed by atoms with E-state index in [4.69, 9.17) is 6.58 Å². The number of aromatic nitrogens is 2. The highest BCUT2D eigenvalue weighted by molar-refractivity contribution is 5.85. The lowest BCUT2D eigenvalue weighted by Gasteiger charge is -2.42. The zero-order valence-electron chi connectivity index (χ0n) is 20.6. The van der Waals surface area contributed by atoms with Crippen molar-refractivity contribution < 1.29 is 9.13 Å². The summed E-state index contributed by atoms with van der Waals surface area (Å²) >= 11 is 0. The minimum absolute atomic E-state index is 0.427. The molecule has 36 heavy (non-hydrogen) atoms. The summed E-state index contributed by atoms with van der Waals surface area (Å²) in [5.74, 6) is 0. The van der Waals surface area contributed by atoms with Crippen molar-refractivity contribution in [1.29, 1.82) is 0 Å². The van der Waals surface area contributed by atoms with Gasteiger partial charge in [-0.2, -0.15) is 9.13 Å². The molecule has 0 fully saturated rings. The van der Waals surface area contributed by atoms with E-state index >= 15 is 0 Å². The minimum Gasteiger partial charge on any atom is -0.181 e. The molecule has 3 aromatic carbocycles. The van der Waals surface area contributed by atoms with E-state index < -0.39 is 11.1 Å². The van der Waals surface area contributed by atoms with Gasteiger partial charge >= 0.3 is 0 Å². The molecule has 2 aromatic heterocycles. The molecule has 0 amide bonds. The second-order valence-corrected chi connectivity index (χ2v) is 10.2. The maximum absolute atomic E-state index is 4.82. The highest BCUT2D eigenvalue weighted by Gasteiger charge is 2.68. The minimum atomic E-state index is -0.446. The average Bonchev–Trinajstić information content (AvgIpc) is 3.01. The Labute approximate surface area is 212 Å². The van der Waals surface area contributed by atoms with Crippen LogP contribution in [0.2, 0.25) is 0 Å². The second-order valence-electron chi connectivity index (χ2n) is 10.2. The fourth-order valence-corrected chi connectivity index (χ4v) is 6.62. The van der Waals surface area contributed by atoms with Gasteiger partial charge in [0.05, 0.1) is 11.1 Å². The molecule has 2 aliphatic heterocycles. The zero-order chi connectivity index (χ0) is 24.5. The molecular formula is C34H28N2+2. The molecule has 172 valence electrons. The quantitative estimate of drug-likeness (QED) is 0.242. The van der Waals surface area contributed by atoms with E-state index in [1.165, 1.54) is 44.8 Å². The monoisotopic (exact) mass is 464 g/mol. The average molecular weight is 465 g/mol. The Morgan fingerprint density at radius 1 is 0.528 bits per heavy atom. The summed E-state index contributed by atoms with van der Waals surface area (Å²) in [6, 6.07) is 39.4. The van der Waals surface area contributed by atoms with E-state index in [0.29, 0.717) is 0 Å². The molecule has 2 heteroatoms. The van der Waals surface area contributed by atoms with Crippen LogP contribution in [-0.4, -0.2) is 0 Å². The van der Waals surface area contributed by atoms with Crippen molar-refractivity contribution in [3.63, 3.8) is 0 Å². The zero-order valence-corrected chi connectivity index (χ0v) is 20.6. The topological polar surface area (TPSA) is 7.76 Å². The van der Waals surface area contributed by atoms with Crippen molar-refractivity contribution in [2.75, 3.05) is 0 Å². The van der Waals surface area contributed by atoms with E-state index in [2.05, 4.69) is 145 Å². The van der Waals surface area contributed by atoms with Gasteiger partial charge in [0.25, 0.3) is 11.1 Å². The molecule has 0 saturated heterocycles. The molecule has 4 heterocycles. The molecule has 0 radical (unpaired) electrons. The lowest BCUT2D eigenvalue weighted by atomic mass is 9.65. The SMILES string of the molecule is C=C1c2ccccc2-c2cc(-c3ccccc3)cc[n+]2C2(C)c3ccccc3-c3cccc[n+]3C12C. The fourth-order valence-electron chi connectivity index (χ4n) is 6.62. The molecule has 0 N–H and O–H groups in total. The highest BCUT2D eigenvalue weighted by Crippen LogP contribution is 2.52. The van der Waals surface area contributed by atoms with Gasteiger partial charge in [0.1, 0.15) is 0 Å². The summed E-state index contributed by atoms with van der Waals surface area (Å²) in [6.07, 6.45) is 4.51. The fraction of sp³-hybridized carbons (Fsp3) is 0.118. The Hall–Kier alpha value is -4.30. The van der Waals surface area contributed by atoms with Gasteiger partial charge in [0.15, 0.2) is 12.4 Å². The van der Waals surface area contributed by atoms with E-state index in [1.807, 2.05) is 0 Å². The summed E-state index contributed by atoms with van der Waals surface area (Å²) in [7, 11) is 0. The van der Waals surface area contributed by atoms with Crippen LogP contribution in [0.1, 0.15) is 25.0 Å². The molecule has 2 unspecified atom stereocenters. The van der Waals surface area contributed by atoms with Crippen LogP contribution < -0.4 is 9.13 Å². The van der Waals surface area contributed by atoms with Gasteiger partial charge < -0.3 is 0 Å². The lowest BCUT2D eigenvalue weighted by molar-refractivity contribution is -0.848. The largest absolute Gasteiger partial charge is 0.259 e. The van der Waals surface area contributed by atoms with Crippen LogP contribution in [0.25, 0.3) is 39.2 Å². The van der Waals surface area contributed by atoms with Crippen LogP contribution in [0, 0.1) is 0 Å². The van der Waals surface area contributed by atoms with Crippen LogP contribution >= 0.6 is 0 Å². The number of hydrogen-bond acceptors (Lipinski definition) is 0. The van der Waals surface area contributed by atoms with Gasteiger partial charge in [-0.3, -0.25) is 0 Å². The van der Waals surface area contributed by atoms with Gasteiger partial charge in [-0.25, -0.2) is 0 Å². The second kappa shape index (κ2) is 7.35. The first-order chi connectivity index (χ1) is 17.5. The maximum atomic E-state index is 4.82. The third kappa shape index (κ3) is 2.51. The first-order valence-corrected chi connectivity index (χ1v) is 12.6. The Morgan fingerprint density at radius 2 is 1.17 bits per heavy atom. The van der Waals surface area contributed by atoms with Crippen molar-refractivity contribution in [3.8, 4) is 33.6 Å². The lowest BCUT2D eigenvalue weighted by Crippen LogP contribution is -2.77. The number of nitrogens with zero attached hydrogens (tertiary/aromatic N) is 2. The van der Waals surface area contributed by atoms with E-state index in [-0.39, 0.29) is 0 Å². The van der Waals surface area contributed by atoms with Crippen LogP contribution in [0.15, 0.2) is 128 Å². The van der Waals surface area contributed by atoms with Crippen LogP contribution in [0.5, 0.6) is 0 Å². The molecule has 0 aliphatic carbocycles. The standard InChI is InChI=1S/C34H28N2/c1-24-27-15-7-8-16-28(27)32-23-26(25-13-5-4-6-14-25)20-22-36(32)34(3)30-18-10-9-17-29(30)31-19-11-12-21-35(31)33(24,34)2/h4-23H,1H2,2-3H3/q+2. The summed E-state index contributed by atoms with van der Waals surface area (Å²) < 4.78 is 4.94. The smallest absolute Gasteiger partial charge is 0.181 e. The number of hydrogen-bond donors (Lipinski definition) is 0. The number of pyridine rings is 2. The predicted molar refractivity (Wildman–Crippen MR) is 145 cm³/mol. The molecule has 7 rings (SSSR count). The highest BCUT2D eigenvalue weighted by atomic mass is 15.2. The molecule has 0 bridgehead atoms. The molecule has 2 aliphatic rings. The van der Waals surface area contributed by atoms with Gasteiger partial charge in [0.2, 0.25) is 11.4 Å². The summed E-state index contributed by atoms with van der Waals surface area (Å²) in [5.41, 5.74) is 10.1. The van der Waals surface area contributed by atoms with Crippen molar-refractivity contribution in [2.45, 2.75) is 24.9 Å². The van der Waals surface area contributed by atoms with Crippen LogP contribution in [-0.2, 0) is 11.1 Å². The summed E-state index contributed by atoms with van der Waals surface area (Å²) in [6.45, 7) is 9.56. The Morgan fingerprint density at radius 3 is 1.97 bits per heavy atom. The molecule has 5 aromatic rings. The Bertz CT molecular complexity index is 1680. The summed E-state index contributed by atoms with van der Waals surface area (Å²) in [4.78, 5) is 0. The van der Waals surface area contributed by atoms with Crippen LogP contribution in [0.4, 0.5) is 0 Å². The van der Waals surface area contributed by atoms with E-state index in [0.717, 1.165) is 5.57 Å². The van der Waals surface area contributed by atoms with Gasteiger partial charge in [-0.05, 0) is 34.9 Å². The first kappa shape index (κ1) is 21.0. The third-order valence-electron chi connectivity index (χ3n) is 8.68. The number of benzene rings is 3. The molecule has 0 saturated carbocycles. The number of fused-ring (bicyclic) bond motifs is 10. The molecule has 2 nitrogen and oxygen atoms in total. The van der Waals surface area contributed by atoms with Crippen molar-refractivity contribution in [3.05, 3.63) is 139 Å². The van der Waals surface area contributed by atoms with Crippen molar-refractivity contribution in [1.82, 2.24) is 0 Å². The number of allylic oxidation sites excluding steroid dienone is 1. The predicted octanol–water partition coefficient (Wildman–Crippen LogP) is 6.78. The van der Waals surface area contributed by atoms with Crippen LogP contribution in [0.3, 0.4) is 0 Å². The van der Waals surface area contributed by atoms with E-state index in [1.54, 1.807) is 0 Å². The van der Waals surface area contributed by atoms with Gasteiger partial charge in [-0.15, -0.1) is 0 Å².